The highest BCUT2D eigenvalue weighted by Crippen LogP contribution is 2.19. The van der Waals surface area contributed by atoms with Gasteiger partial charge in [0.25, 0.3) is 0 Å². The van der Waals surface area contributed by atoms with E-state index >= 15 is 0 Å². The number of hydrogen-bond acceptors (Lipinski definition) is 3. The van der Waals surface area contributed by atoms with Gasteiger partial charge in [-0.3, -0.25) is 14.6 Å². The Hall–Kier alpha value is -3.54. The van der Waals surface area contributed by atoms with Crippen LogP contribution >= 0.6 is 0 Å². The first-order valence-electron chi connectivity index (χ1n) is 8.83. The number of hydrogen-bond donors (Lipinski definition) is 1. The number of rotatable bonds is 6. The second-order valence-corrected chi connectivity index (χ2v) is 6.33. The molecule has 1 heterocycles. The zero-order chi connectivity index (χ0) is 19.9. The minimum Gasteiger partial charge on any atom is -0.326 e. The molecule has 0 bridgehead atoms. The summed E-state index contributed by atoms with van der Waals surface area (Å²) in [6.45, 7) is 1.73. The summed E-state index contributed by atoms with van der Waals surface area (Å²) in [5.74, 6) is -0.645. The third kappa shape index (κ3) is 5.23. The maximum absolute atomic E-state index is 13.3. The van der Waals surface area contributed by atoms with Gasteiger partial charge in [-0.25, -0.2) is 4.39 Å². The molecule has 0 saturated carbocycles. The van der Waals surface area contributed by atoms with Crippen molar-refractivity contribution in [1.29, 1.82) is 0 Å². The van der Waals surface area contributed by atoms with Crippen molar-refractivity contribution in [3.63, 3.8) is 0 Å². The fourth-order valence-corrected chi connectivity index (χ4v) is 2.78. The van der Waals surface area contributed by atoms with Crippen molar-refractivity contribution in [1.82, 2.24) is 4.98 Å². The molecular formula is C22H20FN3O2. The average molecular weight is 377 g/mol. The van der Waals surface area contributed by atoms with Gasteiger partial charge in [0.05, 0.1) is 18.7 Å². The molecule has 0 spiro atoms. The van der Waals surface area contributed by atoms with Crippen LogP contribution in [0.5, 0.6) is 0 Å². The van der Waals surface area contributed by atoms with Gasteiger partial charge in [-0.05, 0) is 54.1 Å². The Bertz CT molecular complexity index is 942. The SMILES string of the molecule is CC(=O)Nc1ccc(CC(=O)N(Cc2ccccn2)c2ccc(F)cc2)cc1. The van der Waals surface area contributed by atoms with Crippen molar-refractivity contribution >= 4 is 23.2 Å². The van der Waals surface area contributed by atoms with Crippen LogP contribution in [0.25, 0.3) is 0 Å². The highest BCUT2D eigenvalue weighted by Gasteiger charge is 2.17. The third-order valence-corrected chi connectivity index (χ3v) is 4.12. The summed E-state index contributed by atoms with van der Waals surface area (Å²) < 4.78 is 13.3. The maximum atomic E-state index is 13.3. The van der Waals surface area contributed by atoms with Gasteiger partial charge in [0.2, 0.25) is 11.8 Å². The van der Waals surface area contributed by atoms with E-state index in [0.29, 0.717) is 11.4 Å². The van der Waals surface area contributed by atoms with E-state index in [-0.39, 0.29) is 30.6 Å². The minimum absolute atomic E-state index is 0.135. The van der Waals surface area contributed by atoms with E-state index in [1.54, 1.807) is 47.5 Å². The lowest BCUT2D eigenvalue weighted by atomic mass is 10.1. The normalized spacial score (nSPS) is 10.4. The first-order valence-corrected chi connectivity index (χ1v) is 8.83. The zero-order valence-corrected chi connectivity index (χ0v) is 15.4. The highest BCUT2D eigenvalue weighted by atomic mass is 19.1. The third-order valence-electron chi connectivity index (χ3n) is 4.12. The van der Waals surface area contributed by atoms with Crippen molar-refractivity contribution in [2.75, 3.05) is 10.2 Å². The molecule has 0 unspecified atom stereocenters. The number of nitrogens with zero attached hydrogens (tertiary/aromatic N) is 2. The largest absolute Gasteiger partial charge is 0.326 e. The van der Waals surface area contributed by atoms with E-state index in [1.165, 1.54) is 19.1 Å². The summed E-state index contributed by atoms with van der Waals surface area (Å²) in [5, 5.41) is 2.69. The van der Waals surface area contributed by atoms with Crippen LogP contribution < -0.4 is 10.2 Å². The smallest absolute Gasteiger partial charge is 0.231 e. The molecule has 5 nitrogen and oxygen atoms in total. The van der Waals surface area contributed by atoms with Gasteiger partial charge in [-0.15, -0.1) is 0 Å². The molecule has 0 aliphatic rings. The summed E-state index contributed by atoms with van der Waals surface area (Å²) in [6, 6.07) is 18.4. The number of halogens is 1. The Morgan fingerprint density at radius 3 is 2.32 bits per heavy atom. The second kappa shape index (κ2) is 8.90. The summed E-state index contributed by atoms with van der Waals surface area (Å²) in [4.78, 5) is 30.0. The topological polar surface area (TPSA) is 62.3 Å². The highest BCUT2D eigenvalue weighted by molar-refractivity contribution is 5.94. The Balaban J connectivity index is 1.79. The van der Waals surface area contributed by atoms with Gasteiger partial charge in [0.15, 0.2) is 0 Å². The van der Waals surface area contributed by atoms with Crippen LogP contribution in [-0.2, 0) is 22.6 Å². The van der Waals surface area contributed by atoms with Gasteiger partial charge in [0.1, 0.15) is 5.82 Å². The molecule has 28 heavy (non-hydrogen) atoms. The minimum atomic E-state index is -0.359. The molecule has 3 aromatic rings. The van der Waals surface area contributed by atoms with Crippen LogP contribution in [0.2, 0.25) is 0 Å². The molecule has 0 saturated heterocycles. The molecule has 142 valence electrons. The molecule has 0 fully saturated rings. The lowest BCUT2D eigenvalue weighted by Gasteiger charge is -2.23. The molecule has 0 aliphatic heterocycles. The predicted molar refractivity (Wildman–Crippen MR) is 106 cm³/mol. The van der Waals surface area contributed by atoms with Crippen molar-refractivity contribution in [2.45, 2.75) is 19.9 Å². The molecular weight excluding hydrogens is 357 g/mol. The number of aromatic nitrogens is 1. The summed E-state index contributed by atoms with van der Waals surface area (Å²) in [6.07, 6.45) is 1.84. The van der Waals surface area contributed by atoms with E-state index in [1.807, 2.05) is 18.2 Å². The van der Waals surface area contributed by atoms with Crippen molar-refractivity contribution in [3.05, 3.63) is 90.0 Å². The molecule has 6 heteroatoms. The fourth-order valence-electron chi connectivity index (χ4n) is 2.78. The maximum Gasteiger partial charge on any atom is 0.231 e. The Morgan fingerprint density at radius 1 is 1.00 bits per heavy atom. The Morgan fingerprint density at radius 2 is 1.71 bits per heavy atom. The van der Waals surface area contributed by atoms with Gasteiger partial charge in [-0.1, -0.05) is 18.2 Å². The number of benzene rings is 2. The lowest BCUT2D eigenvalue weighted by molar-refractivity contribution is -0.118. The van der Waals surface area contributed by atoms with E-state index in [9.17, 15) is 14.0 Å². The Labute approximate surface area is 162 Å². The molecule has 2 aromatic carbocycles. The van der Waals surface area contributed by atoms with Crippen LogP contribution in [0.4, 0.5) is 15.8 Å². The summed E-state index contributed by atoms with van der Waals surface area (Å²) >= 11 is 0. The summed E-state index contributed by atoms with van der Waals surface area (Å²) in [7, 11) is 0. The zero-order valence-electron chi connectivity index (χ0n) is 15.4. The molecule has 0 radical (unpaired) electrons. The predicted octanol–water partition coefficient (Wildman–Crippen LogP) is 3.96. The van der Waals surface area contributed by atoms with Crippen LogP contribution in [0.3, 0.4) is 0 Å². The first-order chi connectivity index (χ1) is 13.5. The standard InChI is InChI=1S/C22H20FN3O2/c1-16(27)25-19-9-5-17(6-10-19)14-22(28)26(15-20-4-2-3-13-24-20)21-11-7-18(23)8-12-21/h2-13H,14-15H2,1H3,(H,25,27). The van der Waals surface area contributed by atoms with Crippen LogP contribution in [0.1, 0.15) is 18.2 Å². The van der Waals surface area contributed by atoms with E-state index in [4.69, 9.17) is 0 Å². The number of amides is 2. The molecule has 1 N–H and O–H groups in total. The van der Waals surface area contributed by atoms with E-state index in [2.05, 4.69) is 10.3 Å². The summed E-state index contributed by atoms with van der Waals surface area (Å²) in [5.41, 5.74) is 2.83. The second-order valence-electron chi connectivity index (χ2n) is 6.33. The quantitative estimate of drug-likeness (QED) is 0.707. The van der Waals surface area contributed by atoms with E-state index < -0.39 is 0 Å². The lowest BCUT2D eigenvalue weighted by Crippen LogP contribution is -2.32. The van der Waals surface area contributed by atoms with Gasteiger partial charge >= 0.3 is 0 Å². The van der Waals surface area contributed by atoms with Crippen molar-refractivity contribution < 1.29 is 14.0 Å². The molecule has 2 amide bonds. The molecule has 3 rings (SSSR count). The number of carbonyl (C=O) groups is 2. The van der Waals surface area contributed by atoms with Crippen LogP contribution in [-0.4, -0.2) is 16.8 Å². The fraction of sp³-hybridized carbons (Fsp3) is 0.136. The molecule has 0 aliphatic carbocycles. The van der Waals surface area contributed by atoms with Gasteiger partial charge in [-0.2, -0.15) is 0 Å². The van der Waals surface area contributed by atoms with Gasteiger partial charge < -0.3 is 10.2 Å². The average Bonchev–Trinajstić information content (AvgIpc) is 2.69. The van der Waals surface area contributed by atoms with Crippen LogP contribution in [0, 0.1) is 5.82 Å². The van der Waals surface area contributed by atoms with Crippen molar-refractivity contribution in [3.8, 4) is 0 Å². The Kier molecular flexibility index (Phi) is 6.11. The monoisotopic (exact) mass is 377 g/mol. The molecule has 0 atom stereocenters. The van der Waals surface area contributed by atoms with E-state index in [0.717, 1.165) is 11.3 Å². The number of carbonyl (C=O) groups excluding carboxylic acids is 2. The number of nitrogens with one attached hydrogen (secondary N) is 1. The number of pyridine rings is 1. The molecule has 1 aromatic heterocycles. The van der Waals surface area contributed by atoms with Crippen molar-refractivity contribution in [2.24, 2.45) is 0 Å². The first kappa shape index (κ1) is 19.2. The van der Waals surface area contributed by atoms with Gasteiger partial charge in [0, 0.05) is 24.5 Å². The number of anilines is 2. The van der Waals surface area contributed by atoms with Crippen LogP contribution in [0.15, 0.2) is 72.9 Å².